The monoisotopic (exact) mass is 800 g/mol. The van der Waals surface area contributed by atoms with Gasteiger partial charge in [-0.3, -0.25) is 0 Å². The summed E-state index contributed by atoms with van der Waals surface area (Å²) in [5, 5.41) is 7.49. The smallest absolute Gasteiger partial charge is 0.0715 e. The van der Waals surface area contributed by atoms with Crippen LogP contribution in [0.4, 0.5) is 0 Å². The van der Waals surface area contributed by atoms with Crippen LogP contribution in [0.15, 0.2) is 243 Å². The fraction of sp³-hybridized carbons (Fsp3) is 0. The maximum absolute atomic E-state index is 5.38. The van der Waals surface area contributed by atoms with Crippen LogP contribution in [0, 0.1) is 0 Å². The van der Waals surface area contributed by atoms with E-state index in [0.29, 0.717) is 0 Å². The Morgan fingerprint density at radius 3 is 1.27 bits per heavy atom. The van der Waals surface area contributed by atoms with Crippen molar-refractivity contribution in [2.24, 2.45) is 0 Å². The van der Waals surface area contributed by atoms with Crippen LogP contribution in [0.2, 0.25) is 0 Å². The van der Waals surface area contributed by atoms with Crippen molar-refractivity contribution in [2.75, 3.05) is 0 Å². The topological polar surface area (TPSA) is 17.8 Å². The number of fused-ring (bicyclic) bond motifs is 5. The number of rotatable bonds is 7. The Labute approximate surface area is 366 Å². The molecule has 2 aromatic heterocycles. The summed E-state index contributed by atoms with van der Waals surface area (Å²) in [4.78, 5) is 5.38. The lowest BCUT2D eigenvalue weighted by Crippen LogP contribution is -1.95. The summed E-state index contributed by atoms with van der Waals surface area (Å²) in [6.45, 7) is 0. The van der Waals surface area contributed by atoms with Gasteiger partial charge in [0.2, 0.25) is 0 Å². The number of hydrogen-bond acceptors (Lipinski definition) is 1. The molecule has 0 spiro atoms. The van der Waals surface area contributed by atoms with Crippen LogP contribution in [0.3, 0.4) is 0 Å². The van der Waals surface area contributed by atoms with Gasteiger partial charge in [-0.2, -0.15) is 0 Å². The largest absolute Gasteiger partial charge is 0.309 e. The van der Waals surface area contributed by atoms with Crippen LogP contribution in [0.5, 0.6) is 0 Å². The van der Waals surface area contributed by atoms with Gasteiger partial charge in [0.25, 0.3) is 0 Å². The van der Waals surface area contributed by atoms with E-state index in [0.717, 1.165) is 44.9 Å². The van der Waals surface area contributed by atoms with E-state index in [-0.39, 0.29) is 0 Å². The second-order valence-electron chi connectivity index (χ2n) is 16.3. The third kappa shape index (κ3) is 6.48. The minimum absolute atomic E-state index is 0.932. The molecule has 10 aromatic carbocycles. The second-order valence-corrected chi connectivity index (χ2v) is 16.3. The predicted octanol–water partition coefficient (Wildman–Crippen LogP) is 16.5. The molecule has 0 radical (unpaired) electrons. The highest BCUT2D eigenvalue weighted by molar-refractivity contribution is 6.14. The molecule has 0 fully saturated rings. The molecule has 0 saturated carbocycles. The summed E-state index contributed by atoms with van der Waals surface area (Å²) in [5.74, 6) is 0. The Morgan fingerprint density at radius 1 is 0.270 bits per heavy atom. The number of nitrogens with zero attached hydrogens (tertiary/aromatic N) is 2. The van der Waals surface area contributed by atoms with Crippen molar-refractivity contribution in [3.63, 3.8) is 0 Å². The molecule has 0 atom stereocenters. The maximum atomic E-state index is 5.38. The Balaban J connectivity index is 0.963. The van der Waals surface area contributed by atoms with Crippen molar-refractivity contribution in [1.29, 1.82) is 0 Å². The fourth-order valence-corrected chi connectivity index (χ4v) is 9.53. The van der Waals surface area contributed by atoms with Crippen LogP contribution in [0.1, 0.15) is 0 Å². The summed E-state index contributed by atoms with van der Waals surface area (Å²) in [6.07, 6.45) is 0. The molecule has 294 valence electrons. The highest BCUT2D eigenvalue weighted by atomic mass is 15.0. The maximum Gasteiger partial charge on any atom is 0.0715 e. The van der Waals surface area contributed by atoms with Gasteiger partial charge in [-0.1, -0.05) is 212 Å². The van der Waals surface area contributed by atoms with Crippen LogP contribution in [-0.2, 0) is 0 Å². The zero-order valence-electron chi connectivity index (χ0n) is 34.5. The van der Waals surface area contributed by atoms with Gasteiger partial charge < -0.3 is 4.57 Å². The van der Waals surface area contributed by atoms with Gasteiger partial charge in [0.05, 0.1) is 22.4 Å². The lowest BCUT2D eigenvalue weighted by Gasteiger charge is -2.14. The zero-order chi connectivity index (χ0) is 41.7. The van der Waals surface area contributed by atoms with Gasteiger partial charge in [0, 0.05) is 33.2 Å². The van der Waals surface area contributed by atoms with E-state index in [1.807, 2.05) is 0 Å². The molecule has 0 N–H and O–H groups in total. The molecule has 2 heterocycles. The van der Waals surface area contributed by atoms with Crippen molar-refractivity contribution in [3.05, 3.63) is 243 Å². The van der Waals surface area contributed by atoms with E-state index in [9.17, 15) is 0 Å². The summed E-state index contributed by atoms with van der Waals surface area (Å²) in [6, 6.07) is 87.7. The van der Waals surface area contributed by atoms with E-state index < -0.39 is 0 Å². The van der Waals surface area contributed by atoms with Crippen molar-refractivity contribution >= 4 is 43.4 Å². The molecule has 0 saturated heterocycles. The van der Waals surface area contributed by atoms with E-state index >= 15 is 0 Å². The number of pyridine rings is 1. The quantitative estimate of drug-likeness (QED) is 0.157. The van der Waals surface area contributed by atoms with Crippen LogP contribution >= 0.6 is 0 Å². The molecule has 2 heteroatoms. The Bertz CT molecular complexity index is 3480. The minimum Gasteiger partial charge on any atom is -0.309 e. The molecule has 0 unspecified atom stereocenters. The summed E-state index contributed by atoms with van der Waals surface area (Å²) in [5.41, 5.74) is 17.0. The van der Waals surface area contributed by atoms with Crippen LogP contribution < -0.4 is 0 Å². The zero-order valence-corrected chi connectivity index (χ0v) is 34.5. The van der Waals surface area contributed by atoms with Crippen LogP contribution in [0.25, 0.3) is 116 Å². The van der Waals surface area contributed by atoms with Crippen molar-refractivity contribution in [3.8, 4) is 72.7 Å². The first kappa shape index (κ1) is 36.5. The van der Waals surface area contributed by atoms with Crippen molar-refractivity contribution < 1.29 is 0 Å². The predicted molar refractivity (Wildman–Crippen MR) is 266 cm³/mol. The summed E-state index contributed by atoms with van der Waals surface area (Å²) >= 11 is 0. The first-order valence-electron chi connectivity index (χ1n) is 21.6. The van der Waals surface area contributed by atoms with Gasteiger partial charge in [-0.05, 0) is 90.8 Å². The third-order valence-corrected chi connectivity index (χ3v) is 12.6. The molecule has 12 rings (SSSR count). The number of benzene rings is 10. The van der Waals surface area contributed by atoms with Gasteiger partial charge >= 0.3 is 0 Å². The first-order chi connectivity index (χ1) is 31.2. The van der Waals surface area contributed by atoms with E-state index in [4.69, 9.17) is 4.98 Å². The third-order valence-electron chi connectivity index (χ3n) is 12.6. The highest BCUT2D eigenvalue weighted by Crippen LogP contribution is 2.40. The Morgan fingerprint density at radius 2 is 0.683 bits per heavy atom. The number of hydrogen-bond donors (Lipinski definition) is 0. The van der Waals surface area contributed by atoms with Gasteiger partial charge in [-0.25, -0.2) is 4.98 Å². The standard InChI is InChI=1S/C61H40N2/c1-2-17-50(18-3-1)63-60-26-9-8-21-56(60)57-25-12-24-55(61(57)63)46-33-37-48(38-34-46)59-40-49(41-27-29-44(30-28-41)53-22-10-15-42-13-4-6-19-51(42)53)39-58(62-59)47-35-31-45(32-36-47)54-23-11-16-43-14-5-7-20-52(43)54/h1-40H. The molecule has 63 heavy (non-hydrogen) atoms. The van der Waals surface area contributed by atoms with E-state index in [2.05, 4.69) is 247 Å². The van der Waals surface area contributed by atoms with E-state index in [1.54, 1.807) is 0 Å². The summed E-state index contributed by atoms with van der Waals surface area (Å²) < 4.78 is 2.41. The SMILES string of the molecule is c1ccc(-n2c3ccccc3c3cccc(-c4ccc(-c5cc(-c6ccc(-c7cccc8ccccc78)cc6)cc(-c6ccc(-c7cccc8ccccc78)cc6)n5)cc4)c32)cc1. The van der Waals surface area contributed by atoms with E-state index in [1.165, 1.54) is 71.2 Å². The highest BCUT2D eigenvalue weighted by Gasteiger charge is 2.17. The Hall–Kier alpha value is -8.33. The molecule has 12 aromatic rings. The normalized spacial score (nSPS) is 11.5. The lowest BCUT2D eigenvalue weighted by atomic mass is 9.94. The van der Waals surface area contributed by atoms with Gasteiger partial charge in [-0.15, -0.1) is 0 Å². The summed E-state index contributed by atoms with van der Waals surface area (Å²) in [7, 11) is 0. The molecule has 0 aliphatic heterocycles. The molecule has 0 bridgehead atoms. The Kier molecular flexibility index (Phi) is 8.86. The minimum atomic E-state index is 0.932. The molecular formula is C61H40N2. The number of aromatic nitrogens is 2. The molecular weight excluding hydrogens is 761 g/mol. The second kappa shape index (κ2) is 15.3. The molecule has 0 amide bonds. The molecule has 0 aliphatic carbocycles. The van der Waals surface area contributed by atoms with Crippen LogP contribution in [-0.4, -0.2) is 9.55 Å². The molecule has 2 nitrogen and oxygen atoms in total. The van der Waals surface area contributed by atoms with Crippen molar-refractivity contribution in [1.82, 2.24) is 9.55 Å². The van der Waals surface area contributed by atoms with Gasteiger partial charge in [0.1, 0.15) is 0 Å². The average Bonchev–Trinajstić information content (AvgIpc) is 3.71. The van der Waals surface area contributed by atoms with Crippen molar-refractivity contribution in [2.45, 2.75) is 0 Å². The fourth-order valence-electron chi connectivity index (χ4n) is 9.53. The average molecular weight is 801 g/mol. The lowest BCUT2D eigenvalue weighted by molar-refractivity contribution is 1.18. The first-order valence-corrected chi connectivity index (χ1v) is 21.6. The number of para-hydroxylation sites is 3. The van der Waals surface area contributed by atoms with Gasteiger partial charge in [0.15, 0.2) is 0 Å². The molecule has 0 aliphatic rings.